The van der Waals surface area contributed by atoms with E-state index in [0.29, 0.717) is 46.4 Å². The standard InChI is InChI=1S/C30H34N6O2Si/c1-30(2,3)39(5,6)38-19-20-9-11-21(12-10-20)36-28(23-8-7-17-32-27(23)31)35-26-16-15-25(34-29(26)36)24-14-13-22(37-4)18-33-24/h7-18H,19H2,1-6H3,(H2,31,32)/i4D3. The lowest BCUT2D eigenvalue weighted by atomic mass is 10.2. The molecule has 8 nitrogen and oxygen atoms in total. The summed E-state index contributed by atoms with van der Waals surface area (Å²) in [5.74, 6) is 1.12. The Balaban J connectivity index is 1.55. The molecule has 5 rings (SSSR count). The lowest BCUT2D eigenvalue weighted by molar-refractivity contribution is 0.276. The Kier molecular flexibility index (Phi) is 6.00. The summed E-state index contributed by atoms with van der Waals surface area (Å²) in [5, 5.41) is 0.127. The van der Waals surface area contributed by atoms with E-state index in [4.69, 9.17) is 29.0 Å². The molecule has 0 saturated heterocycles. The van der Waals surface area contributed by atoms with Crippen LogP contribution in [0.1, 0.15) is 30.4 Å². The fourth-order valence-electron chi connectivity index (χ4n) is 3.95. The number of hydrogen-bond acceptors (Lipinski definition) is 7. The number of anilines is 1. The van der Waals surface area contributed by atoms with Crippen molar-refractivity contribution in [2.24, 2.45) is 0 Å². The molecular formula is C30H34N6O2Si. The molecule has 0 atom stereocenters. The number of nitrogens with zero attached hydrogens (tertiary/aromatic N) is 5. The van der Waals surface area contributed by atoms with Gasteiger partial charge in [-0.05, 0) is 72.2 Å². The number of nitrogen functional groups attached to an aromatic ring is 1. The van der Waals surface area contributed by atoms with Gasteiger partial charge in [-0.25, -0.2) is 15.0 Å². The van der Waals surface area contributed by atoms with Crippen LogP contribution < -0.4 is 10.5 Å². The van der Waals surface area contributed by atoms with Crippen molar-refractivity contribution in [2.75, 3.05) is 12.8 Å². The summed E-state index contributed by atoms with van der Waals surface area (Å²) >= 11 is 0. The molecule has 1 aromatic carbocycles. The zero-order valence-corrected chi connectivity index (χ0v) is 23.8. The number of methoxy groups -OCH3 is 1. The first-order chi connectivity index (χ1) is 19.7. The Hall–Kier alpha value is -4.08. The molecule has 0 spiro atoms. The number of pyridine rings is 3. The molecular weight excluding hydrogens is 504 g/mol. The second kappa shape index (κ2) is 10.2. The minimum atomic E-state index is -2.55. The summed E-state index contributed by atoms with van der Waals surface area (Å²) in [6.07, 6.45) is 3.02. The van der Waals surface area contributed by atoms with E-state index in [1.165, 1.54) is 6.20 Å². The number of imidazole rings is 1. The normalized spacial score (nSPS) is 13.6. The topological polar surface area (TPSA) is 101 Å². The second-order valence-corrected chi connectivity index (χ2v) is 15.8. The van der Waals surface area contributed by atoms with Crippen molar-refractivity contribution in [1.29, 1.82) is 0 Å². The van der Waals surface area contributed by atoms with Crippen molar-refractivity contribution in [3.63, 3.8) is 0 Å². The van der Waals surface area contributed by atoms with E-state index in [2.05, 4.69) is 56.0 Å². The number of nitrogens with two attached hydrogens (primary N) is 1. The summed E-state index contributed by atoms with van der Waals surface area (Å²) in [6, 6.07) is 18.8. The van der Waals surface area contributed by atoms with E-state index in [1.54, 1.807) is 18.3 Å². The Labute approximate surface area is 234 Å². The van der Waals surface area contributed by atoms with E-state index in [9.17, 15) is 0 Å². The van der Waals surface area contributed by atoms with E-state index in [0.717, 1.165) is 11.3 Å². The molecule has 9 heteroatoms. The Bertz CT molecular complexity index is 1710. The van der Waals surface area contributed by atoms with Gasteiger partial charge in [0.1, 0.15) is 17.1 Å². The van der Waals surface area contributed by atoms with Gasteiger partial charge < -0.3 is 14.9 Å². The van der Waals surface area contributed by atoms with Crippen LogP contribution in [0.5, 0.6) is 5.75 Å². The van der Waals surface area contributed by atoms with Gasteiger partial charge in [0.15, 0.2) is 19.8 Å². The summed E-state index contributed by atoms with van der Waals surface area (Å²) in [4.78, 5) is 18.5. The van der Waals surface area contributed by atoms with Crippen LogP contribution in [0.15, 0.2) is 73.1 Å². The van der Waals surface area contributed by atoms with Crippen LogP contribution in [0.3, 0.4) is 0 Å². The largest absolute Gasteiger partial charge is 0.495 e. The van der Waals surface area contributed by atoms with E-state index in [1.807, 2.05) is 41.0 Å². The summed E-state index contributed by atoms with van der Waals surface area (Å²) in [7, 11) is -4.44. The highest BCUT2D eigenvalue weighted by atomic mass is 28.4. The van der Waals surface area contributed by atoms with Crippen molar-refractivity contribution in [3.05, 3.63) is 78.6 Å². The zero-order chi connectivity index (χ0) is 30.3. The van der Waals surface area contributed by atoms with Crippen LogP contribution >= 0.6 is 0 Å². The fourth-order valence-corrected chi connectivity index (χ4v) is 4.91. The maximum Gasteiger partial charge on any atom is 0.192 e. The van der Waals surface area contributed by atoms with E-state index >= 15 is 0 Å². The molecule has 4 aromatic heterocycles. The quantitative estimate of drug-likeness (QED) is 0.230. The summed E-state index contributed by atoms with van der Waals surface area (Å²) in [6.45, 7) is 11.7. The predicted octanol–water partition coefficient (Wildman–Crippen LogP) is 6.66. The highest BCUT2D eigenvalue weighted by Crippen LogP contribution is 2.37. The Morgan fingerprint density at radius 1 is 0.949 bits per heavy atom. The van der Waals surface area contributed by atoms with Gasteiger partial charge in [0, 0.05) is 11.9 Å². The minimum Gasteiger partial charge on any atom is -0.495 e. The average Bonchev–Trinajstić information content (AvgIpc) is 3.30. The first-order valence-electron chi connectivity index (χ1n) is 14.2. The van der Waals surface area contributed by atoms with Crippen LogP contribution in [0.4, 0.5) is 5.82 Å². The van der Waals surface area contributed by atoms with E-state index < -0.39 is 15.4 Å². The molecule has 39 heavy (non-hydrogen) atoms. The van der Waals surface area contributed by atoms with Crippen LogP contribution in [0.25, 0.3) is 39.6 Å². The molecule has 2 N–H and O–H groups in total. The maximum atomic E-state index is 7.30. The molecule has 200 valence electrons. The smallest absolute Gasteiger partial charge is 0.192 e. The van der Waals surface area contributed by atoms with Crippen LogP contribution in [0, 0.1) is 0 Å². The molecule has 0 unspecified atom stereocenters. The molecule has 0 aliphatic heterocycles. The monoisotopic (exact) mass is 541 g/mol. The number of hydrogen-bond donors (Lipinski definition) is 1. The van der Waals surface area contributed by atoms with Crippen molar-refractivity contribution in [3.8, 4) is 34.2 Å². The van der Waals surface area contributed by atoms with Gasteiger partial charge in [-0.2, -0.15) is 0 Å². The van der Waals surface area contributed by atoms with Gasteiger partial charge in [0.25, 0.3) is 0 Å². The van der Waals surface area contributed by atoms with Crippen LogP contribution in [-0.4, -0.2) is 39.9 Å². The third kappa shape index (κ3) is 5.28. The summed E-state index contributed by atoms with van der Waals surface area (Å²) in [5.41, 5.74) is 11.3. The number of fused-ring (bicyclic) bond motifs is 1. The van der Waals surface area contributed by atoms with Crippen LogP contribution in [0.2, 0.25) is 18.1 Å². The zero-order valence-electron chi connectivity index (χ0n) is 25.8. The Morgan fingerprint density at radius 2 is 1.72 bits per heavy atom. The van der Waals surface area contributed by atoms with Crippen molar-refractivity contribution >= 4 is 25.3 Å². The van der Waals surface area contributed by atoms with Crippen molar-refractivity contribution < 1.29 is 13.3 Å². The first kappa shape index (κ1) is 22.9. The van der Waals surface area contributed by atoms with Crippen LogP contribution in [-0.2, 0) is 11.0 Å². The second-order valence-electron chi connectivity index (χ2n) is 10.9. The minimum absolute atomic E-state index is 0.127. The highest BCUT2D eigenvalue weighted by molar-refractivity contribution is 6.74. The van der Waals surface area contributed by atoms with Gasteiger partial charge in [-0.3, -0.25) is 9.55 Å². The molecule has 0 fully saturated rings. The summed E-state index contributed by atoms with van der Waals surface area (Å²) < 4.78 is 35.2. The SMILES string of the molecule is [2H]C([2H])([2H])Oc1ccc(-c2ccc3nc(-c4cccnc4N)n(-c4ccc(CO[Si](C)(C)C(C)(C)C)cc4)c3n2)nc1. The number of aromatic nitrogens is 5. The third-order valence-electron chi connectivity index (χ3n) is 7.30. The molecule has 5 aromatic rings. The van der Waals surface area contributed by atoms with Crippen molar-refractivity contribution in [2.45, 2.75) is 45.5 Å². The van der Waals surface area contributed by atoms with Gasteiger partial charge >= 0.3 is 0 Å². The number of benzene rings is 1. The molecule has 0 saturated carbocycles. The molecule has 0 radical (unpaired) electrons. The molecule has 4 heterocycles. The first-order valence-corrected chi connectivity index (χ1v) is 15.6. The fraction of sp³-hybridized carbons (Fsp3) is 0.267. The lowest BCUT2D eigenvalue weighted by Crippen LogP contribution is -2.40. The number of ether oxygens (including phenoxy) is 1. The average molecular weight is 542 g/mol. The maximum absolute atomic E-state index is 7.30. The van der Waals surface area contributed by atoms with Crippen molar-refractivity contribution in [1.82, 2.24) is 24.5 Å². The molecule has 0 aliphatic carbocycles. The van der Waals surface area contributed by atoms with Gasteiger partial charge in [0.2, 0.25) is 0 Å². The van der Waals surface area contributed by atoms with Gasteiger partial charge in [-0.15, -0.1) is 0 Å². The highest BCUT2D eigenvalue weighted by Gasteiger charge is 2.37. The third-order valence-corrected chi connectivity index (χ3v) is 11.8. The lowest BCUT2D eigenvalue weighted by Gasteiger charge is -2.36. The predicted molar refractivity (Wildman–Crippen MR) is 158 cm³/mol. The van der Waals surface area contributed by atoms with Gasteiger partial charge in [0.05, 0.1) is 40.9 Å². The number of rotatable bonds is 7. The molecule has 0 aliphatic rings. The molecule has 0 amide bonds. The van der Waals surface area contributed by atoms with Gasteiger partial charge in [-0.1, -0.05) is 32.9 Å². The Morgan fingerprint density at radius 3 is 2.38 bits per heavy atom. The van der Waals surface area contributed by atoms with E-state index in [-0.39, 0.29) is 10.8 Å². The molecule has 0 bridgehead atoms.